The van der Waals surface area contributed by atoms with Gasteiger partial charge >= 0.3 is 0 Å². The summed E-state index contributed by atoms with van der Waals surface area (Å²) in [6, 6.07) is 6.82. The Balaban J connectivity index is 1.63. The molecule has 1 fully saturated rings. The van der Waals surface area contributed by atoms with Crippen molar-refractivity contribution in [2.24, 2.45) is 0 Å². The van der Waals surface area contributed by atoms with Crippen LogP contribution in [0.2, 0.25) is 0 Å². The van der Waals surface area contributed by atoms with Crippen molar-refractivity contribution in [3.63, 3.8) is 0 Å². The Labute approximate surface area is 125 Å². The Morgan fingerprint density at radius 3 is 3.05 bits per heavy atom. The summed E-state index contributed by atoms with van der Waals surface area (Å²) in [5, 5.41) is 4.50. The second kappa shape index (κ2) is 6.72. The van der Waals surface area contributed by atoms with Crippen molar-refractivity contribution in [3.05, 3.63) is 23.8 Å². The average Bonchev–Trinajstić information content (AvgIpc) is 2.93. The smallest absolute Gasteiger partial charge is 0.165 e. The molecule has 0 radical (unpaired) electrons. The maximum Gasteiger partial charge on any atom is 0.165 e. The molecule has 110 valence electrons. The summed E-state index contributed by atoms with van der Waals surface area (Å²) >= 11 is 2.09. The molecule has 1 saturated carbocycles. The zero-order valence-electron chi connectivity index (χ0n) is 12.1. The van der Waals surface area contributed by atoms with E-state index < -0.39 is 0 Å². The molecule has 1 aromatic carbocycles. The molecule has 1 aromatic rings. The van der Waals surface area contributed by atoms with Crippen molar-refractivity contribution in [3.8, 4) is 11.5 Å². The van der Waals surface area contributed by atoms with Gasteiger partial charge in [0.1, 0.15) is 13.2 Å². The summed E-state index contributed by atoms with van der Waals surface area (Å²) in [7, 11) is 0. The first-order valence-electron chi connectivity index (χ1n) is 7.61. The normalized spacial score (nSPS) is 24.9. The molecule has 0 saturated heterocycles. The molecular weight excluding hydrogens is 270 g/mol. The van der Waals surface area contributed by atoms with Crippen LogP contribution in [0.25, 0.3) is 0 Å². The third kappa shape index (κ3) is 3.07. The lowest BCUT2D eigenvalue weighted by atomic mass is 10.1. The van der Waals surface area contributed by atoms with Gasteiger partial charge in [-0.25, -0.2) is 0 Å². The van der Waals surface area contributed by atoms with Crippen LogP contribution in [-0.4, -0.2) is 30.3 Å². The monoisotopic (exact) mass is 293 g/mol. The largest absolute Gasteiger partial charge is 0.486 e. The van der Waals surface area contributed by atoms with Crippen LogP contribution in [0.5, 0.6) is 11.5 Å². The van der Waals surface area contributed by atoms with Gasteiger partial charge in [0.15, 0.2) is 11.5 Å². The minimum atomic E-state index is 0.639. The second-order valence-corrected chi connectivity index (χ2v) is 6.87. The van der Waals surface area contributed by atoms with Crippen molar-refractivity contribution < 1.29 is 9.47 Å². The number of nitrogens with one attached hydrogen (secondary N) is 1. The molecule has 1 heterocycles. The van der Waals surface area contributed by atoms with E-state index in [9.17, 15) is 0 Å². The highest BCUT2D eigenvalue weighted by molar-refractivity contribution is 7.99. The number of hydrogen-bond acceptors (Lipinski definition) is 4. The number of hydrogen-bond donors (Lipinski definition) is 1. The van der Waals surface area contributed by atoms with Crippen molar-refractivity contribution in [1.29, 1.82) is 0 Å². The lowest BCUT2D eigenvalue weighted by Gasteiger charge is -2.23. The van der Waals surface area contributed by atoms with Gasteiger partial charge < -0.3 is 14.8 Å². The molecule has 1 aliphatic carbocycles. The van der Waals surface area contributed by atoms with E-state index in [1.54, 1.807) is 0 Å². The fourth-order valence-electron chi connectivity index (χ4n) is 3.09. The Kier molecular flexibility index (Phi) is 4.73. The van der Waals surface area contributed by atoms with Crippen molar-refractivity contribution in [2.45, 2.75) is 44.0 Å². The standard InChI is InChI=1S/C16H23NO2S/c1-2-20-15-8-4-6-13(15)17-11-12-5-3-7-14-16(12)19-10-9-18-14/h3,5,7,13,15,17H,2,4,6,8-11H2,1H3. The topological polar surface area (TPSA) is 30.5 Å². The van der Waals surface area contributed by atoms with Gasteiger partial charge in [0.2, 0.25) is 0 Å². The zero-order chi connectivity index (χ0) is 13.8. The first-order valence-corrected chi connectivity index (χ1v) is 8.66. The molecule has 3 rings (SSSR count). The van der Waals surface area contributed by atoms with Crippen LogP contribution < -0.4 is 14.8 Å². The van der Waals surface area contributed by atoms with Gasteiger partial charge in [0, 0.05) is 23.4 Å². The molecule has 0 aromatic heterocycles. The Morgan fingerprint density at radius 1 is 1.25 bits per heavy atom. The lowest BCUT2D eigenvalue weighted by molar-refractivity contribution is 0.169. The molecule has 3 nitrogen and oxygen atoms in total. The van der Waals surface area contributed by atoms with Gasteiger partial charge in [-0.1, -0.05) is 25.5 Å². The number of fused-ring (bicyclic) bond motifs is 1. The molecule has 1 aliphatic heterocycles. The molecule has 0 spiro atoms. The van der Waals surface area contributed by atoms with Gasteiger partial charge in [-0.15, -0.1) is 0 Å². The molecule has 2 atom stereocenters. The van der Waals surface area contributed by atoms with Gasteiger partial charge in [0.25, 0.3) is 0 Å². The highest BCUT2D eigenvalue weighted by Gasteiger charge is 2.27. The van der Waals surface area contributed by atoms with E-state index in [1.165, 1.54) is 30.6 Å². The highest BCUT2D eigenvalue weighted by Crippen LogP contribution is 2.34. The van der Waals surface area contributed by atoms with Gasteiger partial charge in [-0.05, 0) is 24.7 Å². The first-order chi connectivity index (χ1) is 9.88. The molecule has 0 amide bonds. The van der Waals surface area contributed by atoms with Gasteiger partial charge in [0.05, 0.1) is 0 Å². The summed E-state index contributed by atoms with van der Waals surface area (Å²) in [4.78, 5) is 0. The molecule has 2 aliphatic rings. The van der Waals surface area contributed by atoms with E-state index in [1.807, 2.05) is 6.07 Å². The third-order valence-electron chi connectivity index (χ3n) is 4.04. The predicted octanol–water partition coefficient (Wildman–Crippen LogP) is 3.22. The quantitative estimate of drug-likeness (QED) is 0.903. The number of benzene rings is 1. The first kappa shape index (κ1) is 14.1. The van der Waals surface area contributed by atoms with Crippen LogP contribution in [0, 0.1) is 0 Å². The van der Waals surface area contributed by atoms with Crippen molar-refractivity contribution >= 4 is 11.8 Å². The van der Waals surface area contributed by atoms with Crippen LogP contribution in [-0.2, 0) is 6.54 Å². The highest BCUT2D eigenvalue weighted by atomic mass is 32.2. The van der Waals surface area contributed by atoms with Crippen LogP contribution in [0.1, 0.15) is 31.7 Å². The summed E-state index contributed by atoms with van der Waals surface area (Å²) in [6.45, 7) is 4.43. The minimum Gasteiger partial charge on any atom is -0.486 e. The molecule has 4 heteroatoms. The van der Waals surface area contributed by atoms with E-state index in [0.717, 1.165) is 23.3 Å². The van der Waals surface area contributed by atoms with E-state index in [0.29, 0.717) is 19.3 Å². The van der Waals surface area contributed by atoms with Crippen LogP contribution in [0.3, 0.4) is 0 Å². The fraction of sp³-hybridized carbons (Fsp3) is 0.625. The fourth-order valence-corrected chi connectivity index (χ4v) is 4.31. The summed E-state index contributed by atoms with van der Waals surface area (Å²) < 4.78 is 11.4. The van der Waals surface area contributed by atoms with Gasteiger partial charge in [-0.3, -0.25) is 0 Å². The molecule has 20 heavy (non-hydrogen) atoms. The van der Waals surface area contributed by atoms with Gasteiger partial charge in [-0.2, -0.15) is 11.8 Å². The lowest BCUT2D eigenvalue weighted by Crippen LogP contribution is -2.34. The van der Waals surface area contributed by atoms with Crippen LogP contribution in [0.15, 0.2) is 18.2 Å². The maximum atomic E-state index is 5.77. The van der Waals surface area contributed by atoms with E-state index in [4.69, 9.17) is 9.47 Å². The third-order valence-corrected chi connectivity index (χ3v) is 5.36. The Bertz CT molecular complexity index is 452. The summed E-state index contributed by atoms with van der Waals surface area (Å²) in [5.74, 6) is 3.03. The average molecular weight is 293 g/mol. The SMILES string of the molecule is CCSC1CCCC1NCc1cccc2c1OCCO2. The Morgan fingerprint density at radius 2 is 2.15 bits per heavy atom. The zero-order valence-corrected chi connectivity index (χ0v) is 12.9. The molecule has 0 bridgehead atoms. The predicted molar refractivity (Wildman–Crippen MR) is 83.8 cm³/mol. The minimum absolute atomic E-state index is 0.639. The van der Waals surface area contributed by atoms with Crippen molar-refractivity contribution in [1.82, 2.24) is 5.32 Å². The summed E-state index contributed by atoms with van der Waals surface area (Å²) in [6.07, 6.45) is 3.99. The molecular formula is C16H23NO2S. The van der Waals surface area contributed by atoms with E-state index in [2.05, 4.69) is 36.1 Å². The van der Waals surface area contributed by atoms with Crippen LogP contribution in [0.4, 0.5) is 0 Å². The molecule has 2 unspecified atom stereocenters. The van der Waals surface area contributed by atoms with Crippen molar-refractivity contribution in [2.75, 3.05) is 19.0 Å². The van der Waals surface area contributed by atoms with E-state index in [-0.39, 0.29) is 0 Å². The summed E-state index contributed by atoms with van der Waals surface area (Å²) in [5.41, 5.74) is 1.22. The number of thioether (sulfide) groups is 1. The second-order valence-electron chi connectivity index (χ2n) is 5.35. The number of rotatable bonds is 5. The maximum absolute atomic E-state index is 5.77. The van der Waals surface area contributed by atoms with E-state index >= 15 is 0 Å². The number of ether oxygens (including phenoxy) is 2. The Hall–Kier alpha value is -0.870. The molecule has 1 N–H and O–H groups in total. The number of para-hydroxylation sites is 1. The van der Waals surface area contributed by atoms with Crippen LogP contribution >= 0.6 is 11.8 Å².